The second kappa shape index (κ2) is 4.72. The first-order valence-corrected chi connectivity index (χ1v) is 6.28. The molecule has 1 atom stereocenters. The number of hydrogen-bond donors (Lipinski definition) is 0. The summed E-state index contributed by atoms with van der Waals surface area (Å²) in [6.07, 6.45) is 0.438. The van der Waals surface area contributed by atoms with Gasteiger partial charge in [0.05, 0.1) is 14.2 Å². The van der Waals surface area contributed by atoms with Crippen LogP contribution in [0, 0.1) is 5.41 Å². The minimum atomic E-state index is -1.16. The smallest absolute Gasteiger partial charge is 0.323 e. The highest BCUT2D eigenvalue weighted by molar-refractivity contribution is 9.10. The predicted molar refractivity (Wildman–Crippen MR) is 68.0 cm³/mol. The van der Waals surface area contributed by atoms with E-state index in [1.807, 2.05) is 24.3 Å². The second-order valence-corrected chi connectivity index (χ2v) is 5.18. The molecule has 0 saturated heterocycles. The molecule has 1 aliphatic carbocycles. The van der Waals surface area contributed by atoms with Crippen molar-refractivity contribution in [2.24, 2.45) is 5.41 Å². The van der Waals surface area contributed by atoms with Gasteiger partial charge in [0, 0.05) is 10.4 Å². The number of rotatable bonds is 3. The van der Waals surface area contributed by atoms with Crippen LogP contribution in [0.15, 0.2) is 28.7 Å². The topological polar surface area (TPSA) is 52.6 Å². The van der Waals surface area contributed by atoms with Gasteiger partial charge in [-0.1, -0.05) is 28.1 Å². The molecule has 1 aromatic rings. The molecule has 18 heavy (non-hydrogen) atoms. The fourth-order valence-electron chi connectivity index (χ4n) is 2.26. The molecular weight excluding hydrogens is 300 g/mol. The molecule has 0 radical (unpaired) electrons. The first-order valence-electron chi connectivity index (χ1n) is 5.48. The number of benzene rings is 1. The lowest BCUT2D eigenvalue weighted by Crippen LogP contribution is -2.30. The fourth-order valence-corrected chi connectivity index (χ4v) is 2.52. The summed E-state index contributed by atoms with van der Waals surface area (Å²) in [6, 6.07) is 7.55. The summed E-state index contributed by atoms with van der Waals surface area (Å²) in [4.78, 5) is 23.6. The van der Waals surface area contributed by atoms with E-state index in [0.29, 0.717) is 6.42 Å². The van der Waals surface area contributed by atoms with Gasteiger partial charge in [0.2, 0.25) is 0 Å². The van der Waals surface area contributed by atoms with Crippen molar-refractivity contribution >= 4 is 27.9 Å². The first-order chi connectivity index (χ1) is 8.56. The Morgan fingerprint density at radius 3 is 2.11 bits per heavy atom. The van der Waals surface area contributed by atoms with Crippen LogP contribution < -0.4 is 0 Å². The van der Waals surface area contributed by atoms with Gasteiger partial charge in [-0.15, -0.1) is 0 Å². The molecule has 0 unspecified atom stereocenters. The zero-order chi connectivity index (χ0) is 13.3. The highest BCUT2D eigenvalue weighted by atomic mass is 79.9. The standard InChI is InChI=1S/C13H13BrO4/c1-17-11(15)13(12(16)18-2)7-10(13)8-3-5-9(14)6-4-8/h3-6,10H,7H2,1-2H3/t10-/m0/s1. The summed E-state index contributed by atoms with van der Waals surface area (Å²) in [6.45, 7) is 0. The van der Waals surface area contributed by atoms with E-state index in [9.17, 15) is 9.59 Å². The van der Waals surface area contributed by atoms with Crippen LogP contribution in [-0.4, -0.2) is 26.2 Å². The van der Waals surface area contributed by atoms with E-state index >= 15 is 0 Å². The molecule has 1 aromatic carbocycles. The van der Waals surface area contributed by atoms with E-state index in [-0.39, 0.29) is 5.92 Å². The number of esters is 2. The minimum absolute atomic E-state index is 0.162. The highest BCUT2D eigenvalue weighted by Crippen LogP contribution is 2.60. The molecule has 0 amide bonds. The average Bonchev–Trinajstić information content (AvgIpc) is 3.14. The third kappa shape index (κ3) is 1.92. The number of ether oxygens (including phenoxy) is 2. The van der Waals surface area contributed by atoms with E-state index in [1.165, 1.54) is 14.2 Å². The molecule has 0 heterocycles. The van der Waals surface area contributed by atoms with E-state index < -0.39 is 17.4 Å². The third-order valence-corrected chi connectivity index (χ3v) is 3.86. The van der Waals surface area contributed by atoms with Crippen LogP contribution in [0.2, 0.25) is 0 Å². The van der Waals surface area contributed by atoms with Gasteiger partial charge in [-0.25, -0.2) is 0 Å². The molecule has 0 spiro atoms. The number of carbonyl (C=O) groups is 2. The minimum Gasteiger partial charge on any atom is -0.468 e. The summed E-state index contributed by atoms with van der Waals surface area (Å²) in [7, 11) is 2.56. The van der Waals surface area contributed by atoms with Crippen LogP contribution in [0.1, 0.15) is 17.9 Å². The molecule has 96 valence electrons. The van der Waals surface area contributed by atoms with Crippen LogP contribution in [-0.2, 0) is 19.1 Å². The van der Waals surface area contributed by atoms with E-state index in [2.05, 4.69) is 15.9 Å². The zero-order valence-electron chi connectivity index (χ0n) is 10.1. The van der Waals surface area contributed by atoms with E-state index in [0.717, 1.165) is 10.0 Å². The van der Waals surface area contributed by atoms with Gasteiger partial charge in [0.1, 0.15) is 0 Å². The Morgan fingerprint density at radius 1 is 1.17 bits per heavy atom. The fraction of sp³-hybridized carbons (Fsp3) is 0.385. The molecular formula is C13H13BrO4. The molecule has 2 rings (SSSR count). The van der Waals surface area contributed by atoms with Crippen molar-refractivity contribution in [3.63, 3.8) is 0 Å². The Kier molecular flexibility index (Phi) is 3.43. The maximum absolute atomic E-state index is 11.8. The van der Waals surface area contributed by atoms with Crippen LogP contribution in [0.3, 0.4) is 0 Å². The van der Waals surface area contributed by atoms with Crippen molar-refractivity contribution < 1.29 is 19.1 Å². The molecule has 1 saturated carbocycles. The number of methoxy groups -OCH3 is 2. The van der Waals surface area contributed by atoms with E-state index in [4.69, 9.17) is 9.47 Å². The average molecular weight is 313 g/mol. The molecule has 1 fully saturated rings. The Balaban J connectivity index is 2.30. The van der Waals surface area contributed by atoms with Crippen LogP contribution in [0.5, 0.6) is 0 Å². The number of hydrogen-bond acceptors (Lipinski definition) is 4. The van der Waals surface area contributed by atoms with Crippen LogP contribution >= 0.6 is 15.9 Å². The lowest BCUT2D eigenvalue weighted by Gasteiger charge is -2.12. The van der Waals surface area contributed by atoms with Gasteiger partial charge in [-0.3, -0.25) is 9.59 Å². The maximum atomic E-state index is 11.8. The molecule has 0 N–H and O–H groups in total. The molecule has 0 aromatic heterocycles. The van der Waals surface area contributed by atoms with Gasteiger partial charge in [-0.05, 0) is 24.1 Å². The summed E-state index contributed by atoms with van der Waals surface area (Å²) in [5.74, 6) is -1.21. The zero-order valence-corrected chi connectivity index (χ0v) is 11.7. The van der Waals surface area contributed by atoms with Gasteiger partial charge in [0.25, 0.3) is 0 Å². The Hall–Kier alpha value is -1.36. The third-order valence-electron chi connectivity index (χ3n) is 3.33. The number of halogens is 1. The van der Waals surface area contributed by atoms with E-state index in [1.54, 1.807) is 0 Å². The normalized spacial score (nSPS) is 20.1. The summed E-state index contributed by atoms with van der Waals surface area (Å²) >= 11 is 3.35. The van der Waals surface area contributed by atoms with Crippen molar-refractivity contribution in [2.75, 3.05) is 14.2 Å². The SMILES string of the molecule is COC(=O)C1(C(=O)OC)C[C@H]1c1ccc(Br)cc1. The van der Waals surface area contributed by atoms with Crippen molar-refractivity contribution in [3.05, 3.63) is 34.3 Å². The lowest BCUT2D eigenvalue weighted by atomic mass is 9.99. The van der Waals surface area contributed by atoms with Crippen molar-refractivity contribution in [2.45, 2.75) is 12.3 Å². The predicted octanol–water partition coefficient (Wildman–Crippen LogP) is 2.27. The summed E-state index contributed by atoms with van der Waals surface area (Å²) in [5, 5.41) is 0. The van der Waals surface area contributed by atoms with Crippen LogP contribution in [0.25, 0.3) is 0 Å². The molecule has 0 aliphatic heterocycles. The molecule has 5 heteroatoms. The largest absolute Gasteiger partial charge is 0.468 e. The van der Waals surface area contributed by atoms with Crippen molar-refractivity contribution in [1.82, 2.24) is 0 Å². The first kappa shape index (κ1) is 13.1. The maximum Gasteiger partial charge on any atom is 0.323 e. The van der Waals surface area contributed by atoms with Crippen molar-refractivity contribution in [1.29, 1.82) is 0 Å². The Bertz CT molecular complexity index is 464. The lowest BCUT2D eigenvalue weighted by molar-refractivity contribution is -0.161. The number of carbonyl (C=O) groups excluding carboxylic acids is 2. The molecule has 1 aliphatic rings. The van der Waals surface area contributed by atoms with Gasteiger partial charge in [-0.2, -0.15) is 0 Å². The molecule has 4 nitrogen and oxygen atoms in total. The quantitative estimate of drug-likeness (QED) is 0.634. The Labute approximate surface area is 113 Å². The molecule has 0 bridgehead atoms. The van der Waals surface area contributed by atoms with Gasteiger partial charge < -0.3 is 9.47 Å². The highest BCUT2D eigenvalue weighted by Gasteiger charge is 2.68. The summed E-state index contributed by atoms with van der Waals surface area (Å²) < 4.78 is 10.4. The van der Waals surface area contributed by atoms with Gasteiger partial charge >= 0.3 is 11.9 Å². The second-order valence-electron chi connectivity index (χ2n) is 4.26. The monoisotopic (exact) mass is 312 g/mol. The van der Waals surface area contributed by atoms with Gasteiger partial charge in [0.15, 0.2) is 5.41 Å². The van der Waals surface area contributed by atoms with Crippen molar-refractivity contribution in [3.8, 4) is 0 Å². The summed E-state index contributed by atoms with van der Waals surface area (Å²) in [5.41, 5.74) is -0.217. The Morgan fingerprint density at radius 2 is 1.67 bits per heavy atom. The van der Waals surface area contributed by atoms with Crippen LogP contribution in [0.4, 0.5) is 0 Å².